The highest BCUT2D eigenvalue weighted by atomic mass is 32.2. The molecule has 0 aliphatic rings. The Bertz CT molecular complexity index is 886. The molecule has 2 aromatic carbocycles. The van der Waals surface area contributed by atoms with Crippen molar-refractivity contribution in [2.24, 2.45) is 0 Å². The lowest BCUT2D eigenvalue weighted by Gasteiger charge is -2.14. The van der Waals surface area contributed by atoms with Crippen LogP contribution in [0.3, 0.4) is 0 Å². The molecule has 0 atom stereocenters. The lowest BCUT2D eigenvalue weighted by atomic mass is 10.2. The molecule has 25 heavy (non-hydrogen) atoms. The molecule has 2 aromatic rings. The van der Waals surface area contributed by atoms with Crippen LogP contribution in [0.25, 0.3) is 0 Å². The Kier molecular flexibility index (Phi) is 5.83. The Balaban J connectivity index is 2.18. The van der Waals surface area contributed by atoms with Crippen molar-refractivity contribution >= 4 is 16.0 Å². The predicted octanol–water partition coefficient (Wildman–Crippen LogP) is 2.50. The smallest absolute Gasteiger partial charge is 0.338 e. The Labute approximate surface area is 143 Å². The fourth-order valence-corrected chi connectivity index (χ4v) is 2.94. The number of esters is 1. The van der Waals surface area contributed by atoms with Gasteiger partial charge in [0.15, 0.2) is 11.6 Å². The summed E-state index contributed by atoms with van der Waals surface area (Å²) in [5.74, 6) is -3.03. The molecular weight excluding hydrogens is 356 g/mol. The zero-order chi connectivity index (χ0) is 18.6. The molecule has 2 rings (SSSR count). The fraction of sp³-hybridized carbons (Fsp3) is 0.188. The van der Waals surface area contributed by atoms with E-state index in [0.717, 1.165) is 12.1 Å². The second-order valence-electron chi connectivity index (χ2n) is 4.91. The number of hydrogen-bond acceptors (Lipinski definition) is 5. The quantitative estimate of drug-likeness (QED) is 0.576. The molecule has 0 saturated carbocycles. The van der Waals surface area contributed by atoms with Crippen LogP contribution in [0, 0.1) is 11.6 Å². The van der Waals surface area contributed by atoms with Crippen LogP contribution in [-0.4, -0.2) is 33.0 Å². The number of benzene rings is 2. The van der Waals surface area contributed by atoms with Crippen LogP contribution in [0.15, 0.2) is 47.4 Å². The molecule has 0 unspecified atom stereocenters. The normalized spacial score (nSPS) is 11.6. The topological polar surface area (TPSA) is 72.9 Å². The molecule has 0 bridgehead atoms. The van der Waals surface area contributed by atoms with Crippen LogP contribution in [-0.2, 0) is 26.2 Å². The zero-order valence-corrected chi connectivity index (χ0v) is 14.2. The molecule has 0 fully saturated rings. The minimum Gasteiger partial charge on any atom is -0.457 e. The molecule has 0 heterocycles. The van der Waals surface area contributed by atoms with Crippen molar-refractivity contribution in [3.8, 4) is 0 Å². The van der Waals surface area contributed by atoms with Gasteiger partial charge in [0.25, 0.3) is 10.0 Å². The maximum Gasteiger partial charge on any atom is 0.338 e. The molecule has 0 radical (unpaired) electrons. The summed E-state index contributed by atoms with van der Waals surface area (Å²) in [5.41, 5.74) is -0.182. The summed E-state index contributed by atoms with van der Waals surface area (Å²) in [6.07, 6.45) is 0. The fourth-order valence-electron chi connectivity index (χ4n) is 1.92. The lowest BCUT2D eigenvalue weighted by molar-refractivity contribution is -0.0258. The molecular formula is C16H15F2NO5S. The van der Waals surface area contributed by atoms with E-state index in [9.17, 15) is 22.0 Å². The number of nitrogens with zero attached hydrogens (tertiary/aromatic N) is 1. The zero-order valence-electron chi connectivity index (χ0n) is 13.4. The van der Waals surface area contributed by atoms with Gasteiger partial charge in [-0.25, -0.2) is 22.0 Å². The third-order valence-electron chi connectivity index (χ3n) is 3.35. The second kappa shape index (κ2) is 7.68. The van der Waals surface area contributed by atoms with Gasteiger partial charge in [-0.1, -0.05) is 22.7 Å². The standard InChI is InChI=1S/C16H15F2NO5S/c1-19(23-2)25(21,22)13-7-3-5-11(9-13)16(20)24-10-12-6-4-8-14(17)15(12)18/h3-9H,10H2,1-2H3. The number of rotatable bonds is 6. The summed E-state index contributed by atoms with van der Waals surface area (Å²) < 4.78 is 56.5. The van der Waals surface area contributed by atoms with Crippen molar-refractivity contribution in [2.75, 3.05) is 14.2 Å². The number of carbonyl (C=O) groups excluding carboxylic acids is 1. The van der Waals surface area contributed by atoms with Crippen molar-refractivity contribution < 1.29 is 31.6 Å². The first-order valence-corrected chi connectivity index (χ1v) is 8.44. The largest absolute Gasteiger partial charge is 0.457 e. The highest BCUT2D eigenvalue weighted by Gasteiger charge is 2.22. The van der Waals surface area contributed by atoms with Crippen molar-refractivity contribution in [3.63, 3.8) is 0 Å². The summed E-state index contributed by atoms with van der Waals surface area (Å²) in [6, 6.07) is 8.60. The lowest BCUT2D eigenvalue weighted by Crippen LogP contribution is -2.25. The number of carbonyl (C=O) groups is 1. The number of hydroxylamine groups is 1. The van der Waals surface area contributed by atoms with E-state index in [-0.39, 0.29) is 16.0 Å². The SMILES string of the molecule is CON(C)S(=O)(=O)c1cccc(C(=O)OCc2cccc(F)c2F)c1. The molecule has 134 valence electrons. The summed E-state index contributed by atoms with van der Waals surface area (Å²) in [4.78, 5) is 16.5. The molecule has 0 aliphatic heterocycles. The maximum absolute atomic E-state index is 13.5. The summed E-state index contributed by atoms with van der Waals surface area (Å²) >= 11 is 0. The Morgan fingerprint density at radius 1 is 1.16 bits per heavy atom. The highest BCUT2D eigenvalue weighted by Crippen LogP contribution is 2.18. The van der Waals surface area contributed by atoms with E-state index in [4.69, 9.17) is 4.74 Å². The maximum atomic E-state index is 13.5. The van der Waals surface area contributed by atoms with Gasteiger partial charge in [-0.15, -0.1) is 0 Å². The number of sulfonamides is 1. The van der Waals surface area contributed by atoms with Gasteiger partial charge in [-0.2, -0.15) is 0 Å². The van der Waals surface area contributed by atoms with E-state index < -0.39 is 34.2 Å². The first kappa shape index (κ1) is 19.0. The van der Waals surface area contributed by atoms with Crippen molar-refractivity contribution in [1.29, 1.82) is 0 Å². The highest BCUT2D eigenvalue weighted by molar-refractivity contribution is 7.89. The van der Waals surface area contributed by atoms with E-state index in [1.54, 1.807) is 0 Å². The molecule has 9 heteroatoms. The average molecular weight is 371 g/mol. The first-order chi connectivity index (χ1) is 11.8. The Morgan fingerprint density at radius 3 is 2.52 bits per heavy atom. The molecule has 0 aromatic heterocycles. The van der Waals surface area contributed by atoms with Crippen molar-refractivity contribution in [1.82, 2.24) is 4.47 Å². The van der Waals surface area contributed by atoms with Gasteiger partial charge in [0.2, 0.25) is 0 Å². The summed E-state index contributed by atoms with van der Waals surface area (Å²) in [6.45, 7) is -0.489. The molecule has 0 amide bonds. The summed E-state index contributed by atoms with van der Waals surface area (Å²) in [7, 11) is -1.55. The van der Waals surface area contributed by atoms with Crippen LogP contribution in [0.2, 0.25) is 0 Å². The summed E-state index contributed by atoms with van der Waals surface area (Å²) in [5, 5.41) is 0. The van der Waals surface area contributed by atoms with Gasteiger partial charge in [0.1, 0.15) is 6.61 Å². The third kappa shape index (κ3) is 4.19. The average Bonchev–Trinajstić information content (AvgIpc) is 2.62. The van der Waals surface area contributed by atoms with E-state index >= 15 is 0 Å². The van der Waals surface area contributed by atoms with E-state index in [0.29, 0.717) is 4.47 Å². The second-order valence-corrected chi connectivity index (χ2v) is 6.85. The minimum absolute atomic E-state index is 0.0533. The van der Waals surface area contributed by atoms with Gasteiger partial charge < -0.3 is 4.74 Å². The number of halogens is 2. The van der Waals surface area contributed by atoms with E-state index in [1.807, 2.05) is 0 Å². The molecule has 0 aliphatic carbocycles. The molecule has 0 N–H and O–H groups in total. The molecule has 0 spiro atoms. The monoisotopic (exact) mass is 371 g/mol. The van der Waals surface area contributed by atoms with Crippen LogP contribution in [0.4, 0.5) is 8.78 Å². The van der Waals surface area contributed by atoms with Gasteiger partial charge in [0, 0.05) is 12.6 Å². The third-order valence-corrected chi connectivity index (χ3v) is 5.03. The Morgan fingerprint density at radius 2 is 1.84 bits per heavy atom. The number of ether oxygens (including phenoxy) is 1. The van der Waals surface area contributed by atoms with Crippen LogP contribution >= 0.6 is 0 Å². The van der Waals surface area contributed by atoms with Gasteiger partial charge in [-0.05, 0) is 24.3 Å². The molecule has 0 saturated heterocycles. The number of hydrogen-bond donors (Lipinski definition) is 0. The van der Waals surface area contributed by atoms with Crippen LogP contribution < -0.4 is 0 Å². The van der Waals surface area contributed by atoms with E-state index in [2.05, 4.69) is 4.84 Å². The van der Waals surface area contributed by atoms with Gasteiger partial charge in [0.05, 0.1) is 17.6 Å². The first-order valence-electron chi connectivity index (χ1n) is 7.00. The predicted molar refractivity (Wildman–Crippen MR) is 83.9 cm³/mol. The van der Waals surface area contributed by atoms with Crippen LogP contribution in [0.1, 0.15) is 15.9 Å². The van der Waals surface area contributed by atoms with Gasteiger partial charge in [-0.3, -0.25) is 4.84 Å². The van der Waals surface area contributed by atoms with Crippen LogP contribution in [0.5, 0.6) is 0 Å². The minimum atomic E-state index is -3.93. The molecule has 6 nitrogen and oxygen atoms in total. The Hall–Kier alpha value is -2.36. The van der Waals surface area contributed by atoms with E-state index in [1.165, 1.54) is 44.5 Å². The van der Waals surface area contributed by atoms with Gasteiger partial charge >= 0.3 is 5.97 Å². The van der Waals surface area contributed by atoms with Crippen molar-refractivity contribution in [2.45, 2.75) is 11.5 Å². The van der Waals surface area contributed by atoms with Crippen molar-refractivity contribution in [3.05, 3.63) is 65.2 Å².